The van der Waals surface area contributed by atoms with Crippen LogP contribution in [0.4, 0.5) is 0 Å². The third-order valence-corrected chi connectivity index (χ3v) is 4.73. The van der Waals surface area contributed by atoms with Gasteiger partial charge in [0, 0.05) is 29.4 Å². The summed E-state index contributed by atoms with van der Waals surface area (Å²) < 4.78 is 27.2. The molecule has 0 fully saturated rings. The summed E-state index contributed by atoms with van der Waals surface area (Å²) in [7, 11) is -1.27. The number of para-hydroxylation sites is 1. The van der Waals surface area contributed by atoms with E-state index in [1.54, 1.807) is 18.9 Å². The van der Waals surface area contributed by atoms with Crippen molar-refractivity contribution in [2.75, 3.05) is 30.6 Å². The van der Waals surface area contributed by atoms with Crippen LogP contribution in [-0.4, -0.2) is 39.0 Å². The molecule has 1 unspecified atom stereocenters. The van der Waals surface area contributed by atoms with Crippen molar-refractivity contribution in [3.63, 3.8) is 0 Å². The number of sulfone groups is 1. The standard InChI is InChI=1S/C12H19NO3S2/c1-16-12-6-4-3-5-10(12)11(13)9-17-7-8-18(2,14)15/h3-6,11H,7-9,13H2,1-2H3. The molecular formula is C12H19NO3S2. The Kier molecular flexibility index (Phi) is 5.98. The number of methoxy groups -OCH3 is 1. The maximum Gasteiger partial charge on any atom is 0.148 e. The molecule has 0 saturated heterocycles. The van der Waals surface area contributed by atoms with Crippen molar-refractivity contribution in [3.05, 3.63) is 29.8 Å². The first-order valence-corrected chi connectivity index (χ1v) is 8.79. The Hall–Kier alpha value is -0.720. The SMILES string of the molecule is COc1ccccc1C(N)CSCCS(C)(=O)=O. The van der Waals surface area contributed by atoms with Gasteiger partial charge in [-0.15, -0.1) is 0 Å². The maximum atomic E-state index is 11.0. The Morgan fingerprint density at radius 3 is 2.67 bits per heavy atom. The van der Waals surface area contributed by atoms with Crippen molar-refractivity contribution in [1.29, 1.82) is 0 Å². The fourth-order valence-electron chi connectivity index (χ4n) is 1.48. The van der Waals surface area contributed by atoms with E-state index < -0.39 is 9.84 Å². The van der Waals surface area contributed by atoms with E-state index in [4.69, 9.17) is 10.5 Å². The van der Waals surface area contributed by atoms with Gasteiger partial charge < -0.3 is 10.5 Å². The van der Waals surface area contributed by atoms with Crippen molar-refractivity contribution >= 4 is 21.6 Å². The predicted molar refractivity (Wildman–Crippen MR) is 77.0 cm³/mol. The van der Waals surface area contributed by atoms with Crippen LogP contribution in [0.15, 0.2) is 24.3 Å². The second-order valence-electron chi connectivity index (χ2n) is 4.05. The van der Waals surface area contributed by atoms with E-state index in [1.807, 2.05) is 24.3 Å². The van der Waals surface area contributed by atoms with E-state index in [0.29, 0.717) is 11.5 Å². The monoisotopic (exact) mass is 289 g/mol. The van der Waals surface area contributed by atoms with Crippen LogP contribution in [0, 0.1) is 0 Å². The van der Waals surface area contributed by atoms with Crippen LogP contribution in [-0.2, 0) is 9.84 Å². The second-order valence-corrected chi connectivity index (χ2v) is 7.46. The molecule has 4 nitrogen and oxygen atoms in total. The van der Waals surface area contributed by atoms with Crippen LogP contribution in [0.25, 0.3) is 0 Å². The van der Waals surface area contributed by atoms with Gasteiger partial charge in [0.15, 0.2) is 0 Å². The van der Waals surface area contributed by atoms with Crippen LogP contribution in [0.5, 0.6) is 5.75 Å². The predicted octanol–water partition coefficient (Wildman–Crippen LogP) is 1.47. The van der Waals surface area contributed by atoms with Crippen molar-refractivity contribution in [1.82, 2.24) is 0 Å². The summed E-state index contributed by atoms with van der Waals surface area (Å²) in [5.41, 5.74) is 7.02. The van der Waals surface area contributed by atoms with Crippen LogP contribution >= 0.6 is 11.8 Å². The molecule has 18 heavy (non-hydrogen) atoms. The number of hydrogen-bond donors (Lipinski definition) is 1. The molecule has 0 saturated carbocycles. The smallest absolute Gasteiger partial charge is 0.148 e. The summed E-state index contributed by atoms with van der Waals surface area (Å²) >= 11 is 1.54. The highest BCUT2D eigenvalue weighted by molar-refractivity contribution is 8.00. The van der Waals surface area contributed by atoms with Gasteiger partial charge in [-0.1, -0.05) is 18.2 Å². The zero-order chi connectivity index (χ0) is 13.6. The van der Waals surface area contributed by atoms with E-state index in [2.05, 4.69) is 0 Å². The first kappa shape index (κ1) is 15.3. The highest BCUT2D eigenvalue weighted by Crippen LogP contribution is 2.25. The summed E-state index contributed by atoms with van der Waals surface area (Å²) in [6.45, 7) is 0. The van der Waals surface area contributed by atoms with Gasteiger partial charge in [-0.2, -0.15) is 11.8 Å². The van der Waals surface area contributed by atoms with Gasteiger partial charge in [-0.25, -0.2) is 8.42 Å². The summed E-state index contributed by atoms with van der Waals surface area (Å²) in [6, 6.07) is 7.47. The van der Waals surface area contributed by atoms with Crippen LogP contribution < -0.4 is 10.5 Å². The number of ether oxygens (including phenoxy) is 1. The molecule has 1 aromatic rings. The first-order valence-electron chi connectivity index (χ1n) is 5.58. The number of hydrogen-bond acceptors (Lipinski definition) is 5. The van der Waals surface area contributed by atoms with Gasteiger partial charge in [0.2, 0.25) is 0 Å². The van der Waals surface area contributed by atoms with Gasteiger partial charge in [0.1, 0.15) is 15.6 Å². The minimum Gasteiger partial charge on any atom is -0.496 e. The maximum absolute atomic E-state index is 11.0. The van der Waals surface area contributed by atoms with Crippen molar-refractivity contribution < 1.29 is 13.2 Å². The van der Waals surface area contributed by atoms with Crippen LogP contribution in [0.2, 0.25) is 0 Å². The average molecular weight is 289 g/mol. The number of rotatable bonds is 7. The van der Waals surface area contributed by atoms with Crippen molar-refractivity contribution in [2.24, 2.45) is 5.73 Å². The highest BCUT2D eigenvalue weighted by Gasteiger charge is 2.11. The summed E-state index contributed by atoms with van der Waals surface area (Å²) in [5.74, 6) is 2.21. The number of benzene rings is 1. The Morgan fingerprint density at radius 2 is 2.06 bits per heavy atom. The Labute approximate surface area is 113 Å². The molecule has 0 heterocycles. The van der Waals surface area contributed by atoms with Crippen molar-refractivity contribution in [3.8, 4) is 5.75 Å². The van der Waals surface area contributed by atoms with Gasteiger partial charge in [-0.05, 0) is 6.07 Å². The molecular weight excluding hydrogens is 270 g/mol. The van der Waals surface area contributed by atoms with Gasteiger partial charge in [-0.3, -0.25) is 0 Å². The molecule has 0 radical (unpaired) electrons. The van der Waals surface area contributed by atoms with E-state index in [-0.39, 0.29) is 11.8 Å². The van der Waals surface area contributed by atoms with E-state index in [9.17, 15) is 8.42 Å². The minimum absolute atomic E-state index is 0.147. The van der Waals surface area contributed by atoms with Crippen molar-refractivity contribution in [2.45, 2.75) is 6.04 Å². The number of nitrogens with two attached hydrogens (primary N) is 1. The fourth-order valence-corrected chi connectivity index (χ4v) is 3.77. The fraction of sp³-hybridized carbons (Fsp3) is 0.500. The van der Waals surface area contributed by atoms with E-state index in [0.717, 1.165) is 11.3 Å². The topological polar surface area (TPSA) is 69.4 Å². The molecule has 2 N–H and O–H groups in total. The molecule has 1 atom stereocenters. The molecule has 0 aliphatic rings. The quantitative estimate of drug-likeness (QED) is 0.770. The Balaban J connectivity index is 2.48. The van der Waals surface area contributed by atoms with Crippen LogP contribution in [0.3, 0.4) is 0 Å². The molecule has 0 aliphatic carbocycles. The third-order valence-electron chi connectivity index (χ3n) is 2.43. The van der Waals surface area contributed by atoms with Gasteiger partial charge in [0.25, 0.3) is 0 Å². The van der Waals surface area contributed by atoms with Gasteiger partial charge in [0.05, 0.1) is 12.9 Å². The zero-order valence-electron chi connectivity index (χ0n) is 10.6. The molecule has 102 valence electrons. The molecule has 0 spiro atoms. The lowest BCUT2D eigenvalue weighted by Gasteiger charge is -2.15. The normalized spacial score (nSPS) is 13.3. The lowest BCUT2D eigenvalue weighted by molar-refractivity contribution is 0.407. The Bertz CT molecular complexity index is 474. The molecule has 1 rings (SSSR count). The molecule has 0 aromatic heterocycles. The first-order chi connectivity index (χ1) is 8.44. The van der Waals surface area contributed by atoms with Gasteiger partial charge >= 0.3 is 0 Å². The lowest BCUT2D eigenvalue weighted by Crippen LogP contribution is -2.15. The van der Waals surface area contributed by atoms with E-state index in [1.165, 1.54) is 6.26 Å². The third kappa shape index (κ3) is 5.29. The zero-order valence-corrected chi connectivity index (χ0v) is 12.3. The molecule has 0 amide bonds. The molecule has 1 aromatic carbocycles. The number of thioether (sulfide) groups is 1. The summed E-state index contributed by atoms with van der Waals surface area (Å²) in [4.78, 5) is 0. The molecule has 0 aliphatic heterocycles. The lowest BCUT2D eigenvalue weighted by atomic mass is 10.1. The Morgan fingerprint density at radius 1 is 1.39 bits per heavy atom. The highest BCUT2D eigenvalue weighted by atomic mass is 32.2. The van der Waals surface area contributed by atoms with E-state index >= 15 is 0 Å². The second kappa shape index (κ2) is 7.01. The molecule has 6 heteroatoms. The summed E-state index contributed by atoms with van der Waals surface area (Å²) in [6.07, 6.45) is 1.24. The van der Waals surface area contributed by atoms with Crippen LogP contribution in [0.1, 0.15) is 11.6 Å². The molecule has 0 bridgehead atoms. The largest absolute Gasteiger partial charge is 0.496 e. The summed E-state index contributed by atoms with van der Waals surface area (Å²) in [5, 5.41) is 0. The average Bonchev–Trinajstić information content (AvgIpc) is 2.33. The minimum atomic E-state index is -2.89.